The van der Waals surface area contributed by atoms with Crippen LogP contribution in [0.5, 0.6) is 11.5 Å². The van der Waals surface area contributed by atoms with Crippen molar-refractivity contribution in [1.29, 1.82) is 0 Å². The fraction of sp³-hybridized carbons (Fsp3) is 0.571. The number of aromatic hydroxyl groups is 2. The van der Waals surface area contributed by atoms with Crippen LogP contribution in [0.3, 0.4) is 0 Å². The largest absolute Gasteiger partial charge is 0.507 e. The standard InChI is InChI=1S/C21H32N2O5S/c1-4-5-6-9-16-12-17(24)18(15-10-7-8-13(2)11-15)19(25)20(16)29(27,28)23-21(26)14(3)22/h11-12,14-15,24-25H,4-10,22H2,1-3H3,(H,23,26). The zero-order valence-corrected chi connectivity index (χ0v) is 18.2. The van der Waals surface area contributed by atoms with E-state index in [0.29, 0.717) is 24.8 Å². The molecule has 2 rings (SSSR count). The number of phenols is 2. The number of unbranched alkanes of at least 4 members (excludes halogenated alkanes) is 2. The average molecular weight is 425 g/mol. The van der Waals surface area contributed by atoms with Gasteiger partial charge in [0.1, 0.15) is 16.4 Å². The molecule has 0 saturated heterocycles. The first-order valence-electron chi connectivity index (χ1n) is 10.2. The zero-order valence-electron chi connectivity index (χ0n) is 17.4. The van der Waals surface area contributed by atoms with Crippen LogP contribution in [0.2, 0.25) is 0 Å². The third kappa shape index (κ3) is 5.51. The van der Waals surface area contributed by atoms with E-state index in [9.17, 15) is 23.4 Å². The first-order valence-corrected chi connectivity index (χ1v) is 11.6. The van der Waals surface area contributed by atoms with Crippen LogP contribution >= 0.6 is 0 Å². The van der Waals surface area contributed by atoms with E-state index in [2.05, 4.69) is 0 Å². The number of sulfonamides is 1. The average Bonchev–Trinajstić information content (AvgIpc) is 2.61. The van der Waals surface area contributed by atoms with Gasteiger partial charge in [0, 0.05) is 11.5 Å². The van der Waals surface area contributed by atoms with Crippen molar-refractivity contribution in [2.45, 2.75) is 82.6 Å². The molecule has 0 bridgehead atoms. The van der Waals surface area contributed by atoms with Crippen molar-refractivity contribution in [1.82, 2.24) is 4.72 Å². The van der Waals surface area contributed by atoms with Crippen molar-refractivity contribution in [3.63, 3.8) is 0 Å². The third-order valence-corrected chi connectivity index (χ3v) is 6.72. The molecule has 0 heterocycles. The van der Waals surface area contributed by atoms with Crippen molar-refractivity contribution >= 4 is 15.9 Å². The van der Waals surface area contributed by atoms with Crippen LogP contribution in [0.25, 0.3) is 0 Å². The summed E-state index contributed by atoms with van der Waals surface area (Å²) in [7, 11) is -4.36. The number of benzene rings is 1. The van der Waals surface area contributed by atoms with Crippen LogP contribution < -0.4 is 10.5 Å². The minimum absolute atomic E-state index is 0.123. The van der Waals surface area contributed by atoms with Crippen LogP contribution in [0.1, 0.15) is 76.3 Å². The van der Waals surface area contributed by atoms with Crippen LogP contribution in [0.15, 0.2) is 22.6 Å². The van der Waals surface area contributed by atoms with Crippen LogP contribution in [-0.4, -0.2) is 30.6 Å². The van der Waals surface area contributed by atoms with E-state index in [1.54, 1.807) is 0 Å². The summed E-state index contributed by atoms with van der Waals surface area (Å²) in [5.41, 5.74) is 7.10. The molecular weight excluding hydrogens is 392 g/mol. The van der Waals surface area contributed by atoms with Gasteiger partial charge in [-0.05, 0) is 57.6 Å². The fourth-order valence-electron chi connectivity index (χ4n) is 3.74. The summed E-state index contributed by atoms with van der Waals surface area (Å²) in [6.45, 7) is 5.38. The molecule has 1 amide bonds. The number of hydrogen-bond donors (Lipinski definition) is 4. The highest BCUT2D eigenvalue weighted by Crippen LogP contribution is 2.45. The van der Waals surface area contributed by atoms with Gasteiger partial charge in [-0.15, -0.1) is 0 Å². The van der Waals surface area contributed by atoms with Gasteiger partial charge in [0.15, 0.2) is 0 Å². The molecule has 1 aliphatic rings. The molecule has 7 nitrogen and oxygen atoms in total. The van der Waals surface area contributed by atoms with Crippen LogP contribution in [0.4, 0.5) is 0 Å². The third-order valence-electron chi connectivity index (χ3n) is 5.26. The second kappa shape index (κ2) is 9.63. The Labute approximate surface area is 173 Å². The Morgan fingerprint density at radius 2 is 2.03 bits per heavy atom. The number of nitrogens with one attached hydrogen (secondary N) is 1. The normalized spacial score (nSPS) is 18.2. The smallest absolute Gasteiger partial charge is 0.268 e. The molecular formula is C21H32N2O5S. The molecule has 1 aliphatic carbocycles. The van der Waals surface area contributed by atoms with Gasteiger partial charge in [-0.2, -0.15) is 0 Å². The summed E-state index contributed by atoms with van der Waals surface area (Å²) in [6.07, 6.45) is 7.32. The number of amides is 1. The van der Waals surface area contributed by atoms with Gasteiger partial charge in [-0.3, -0.25) is 4.79 Å². The maximum absolute atomic E-state index is 13.0. The van der Waals surface area contributed by atoms with Gasteiger partial charge in [0.2, 0.25) is 5.91 Å². The van der Waals surface area contributed by atoms with Crippen LogP contribution in [0, 0.1) is 0 Å². The van der Waals surface area contributed by atoms with Gasteiger partial charge < -0.3 is 15.9 Å². The summed E-state index contributed by atoms with van der Waals surface area (Å²) in [5.74, 6) is -1.75. The summed E-state index contributed by atoms with van der Waals surface area (Å²) in [6, 6.07) is 0.393. The lowest BCUT2D eigenvalue weighted by atomic mass is 9.84. The van der Waals surface area contributed by atoms with Gasteiger partial charge in [-0.25, -0.2) is 13.1 Å². The molecule has 162 valence electrons. The Bertz CT molecular complexity index is 891. The summed E-state index contributed by atoms with van der Waals surface area (Å²) < 4.78 is 27.9. The summed E-state index contributed by atoms with van der Waals surface area (Å²) in [5, 5.41) is 21.6. The molecule has 0 saturated carbocycles. The molecule has 2 atom stereocenters. The monoisotopic (exact) mass is 424 g/mol. The van der Waals surface area contributed by atoms with Crippen molar-refractivity contribution in [2.24, 2.45) is 5.73 Å². The number of phenolic OH excluding ortho intramolecular Hbond substituents is 2. The molecule has 29 heavy (non-hydrogen) atoms. The SMILES string of the molecule is CCCCCc1cc(O)c(C2C=C(C)CCC2)c(O)c1S(=O)(=O)NC(=O)C(C)N. The Morgan fingerprint density at radius 1 is 1.34 bits per heavy atom. The predicted molar refractivity (Wildman–Crippen MR) is 112 cm³/mol. The van der Waals surface area contributed by atoms with Crippen molar-refractivity contribution in [3.8, 4) is 11.5 Å². The maximum atomic E-state index is 13.0. The first kappa shape index (κ1) is 23.2. The molecule has 0 aromatic heterocycles. The second-order valence-corrected chi connectivity index (χ2v) is 9.49. The molecule has 8 heteroatoms. The Kier molecular flexibility index (Phi) is 7.71. The molecule has 1 aromatic rings. The van der Waals surface area contributed by atoms with E-state index >= 15 is 0 Å². The number of nitrogens with two attached hydrogens (primary N) is 1. The number of hydrogen-bond acceptors (Lipinski definition) is 6. The Balaban J connectivity index is 2.62. The summed E-state index contributed by atoms with van der Waals surface area (Å²) in [4.78, 5) is 11.6. The highest BCUT2D eigenvalue weighted by Gasteiger charge is 2.32. The van der Waals surface area contributed by atoms with Crippen molar-refractivity contribution in [3.05, 3.63) is 28.8 Å². The number of rotatable bonds is 8. The minimum atomic E-state index is -4.36. The molecule has 1 aromatic carbocycles. The van der Waals surface area contributed by atoms with E-state index in [4.69, 9.17) is 5.73 Å². The minimum Gasteiger partial charge on any atom is -0.507 e. The molecule has 0 radical (unpaired) electrons. The van der Waals surface area contributed by atoms with Gasteiger partial charge >= 0.3 is 0 Å². The molecule has 0 aliphatic heterocycles. The zero-order chi connectivity index (χ0) is 21.8. The maximum Gasteiger partial charge on any atom is 0.268 e. The van der Waals surface area contributed by atoms with E-state index in [1.807, 2.05) is 24.6 Å². The number of allylic oxidation sites excluding steroid dienone is 2. The van der Waals surface area contributed by atoms with Crippen molar-refractivity contribution < 1.29 is 23.4 Å². The first-order chi connectivity index (χ1) is 13.6. The van der Waals surface area contributed by atoms with Crippen LogP contribution in [-0.2, 0) is 21.2 Å². The number of carbonyl (C=O) groups is 1. The molecule has 2 unspecified atom stereocenters. The predicted octanol–water partition coefficient (Wildman–Crippen LogP) is 3.20. The molecule has 5 N–H and O–H groups in total. The highest BCUT2D eigenvalue weighted by atomic mass is 32.2. The Morgan fingerprint density at radius 3 is 2.62 bits per heavy atom. The highest BCUT2D eigenvalue weighted by molar-refractivity contribution is 7.90. The lowest BCUT2D eigenvalue weighted by Gasteiger charge is -2.24. The fourth-order valence-corrected chi connectivity index (χ4v) is 5.16. The Hall–Kier alpha value is -2.06. The second-order valence-electron chi connectivity index (χ2n) is 7.87. The van der Waals surface area contributed by atoms with Crippen molar-refractivity contribution in [2.75, 3.05) is 0 Å². The van der Waals surface area contributed by atoms with E-state index in [1.165, 1.54) is 13.0 Å². The van der Waals surface area contributed by atoms with Gasteiger partial charge in [-0.1, -0.05) is 31.4 Å². The number of aryl methyl sites for hydroxylation is 1. The lowest BCUT2D eigenvalue weighted by molar-refractivity contribution is -0.120. The van der Waals surface area contributed by atoms with Gasteiger partial charge in [0.05, 0.1) is 6.04 Å². The van der Waals surface area contributed by atoms with E-state index in [0.717, 1.165) is 31.3 Å². The molecule has 0 fully saturated rings. The van der Waals surface area contributed by atoms with E-state index in [-0.39, 0.29) is 22.1 Å². The summed E-state index contributed by atoms with van der Waals surface area (Å²) >= 11 is 0. The molecule has 0 spiro atoms. The van der Waals surface area contributed by atoms with E-state index < -0.39 is 27.7 Å². The van der Waals surface area contributed by atoms with Gasteiger partial charge in [0.25, 0.3) is 10.0 Å². The quantitative estimate of drug-likeness (QED) is 0.374. The number of carbonyl (C=O) groups excluding carboxylic acids is 1. The topological polar surface area (TPSA) is 130 Å². The lowest BCUT2D eigenvalue weighted by Crippen LogP contribution is -2.41.